The van der Waals surface area contributed by atoms with Gasteiger partial charge in [0.1, 0.15) is 0 Å². The number of nitrogens with zero attached hydrogens (tertiary/aromatic N) is 4. The van der Waals surface area contributed by atoms with Gasteiger partial charge in [0.25, 0.3) is 5.91 Å². The maximum Gasteiger partial charge on any atom is 0.266 e. The summed E-state index contributed by atoms with van der Waals surface area (Å²) in [5, 5.41) is 0.702. The number of aliphatic imine (C=N–C) groups is 1. The number of carbonyl (C=O) groups excluding carboxylic acids is 1. The molecule has 0 unspecified atom stereocenters. The molecule has 0 aromatic heterocycles. The summed E-state index contributed by atoms with van der Waals surface area (Å²) < 4.78 is 5.44. The van der Waals surface area contributed by atoms with E-state index >= 15 is 0 Å². The second kappa shape index (κ2) is 9.36. The van der Waals surface area contributed by atoms with Gasteiger partial charge in [-0.2, -0.15) is 0 Å². The van der Waals surface area contributed by atoms with E-state index in [9.17, 15) is 4.79 Å². The van der Waals surface area contributed by atoms with E-state index in [0.29, 0.717) is 16.0 Å². The highest BCUT2D eigenvalue weighted by atomic mass is 32.2. The molecule has 1 atom stereocenters. The normalized spacial score (nSPS) is 24.4. The number of thioether (sulfide) groups is 1. The fourth-order valence-electron chi connectivity index (χ4n) is 5.16. The molecule has 6 nitrogen and oxygen atoms in total. The Morgan fingerprint density at radius 2 is 1.80 bits per heavy atom. The van der Waals surface area contributed by atoms with Gasteiger partial charge in [0.2, 0.25) is 0 Å². The van der Waals surface area contributed by atoms with Crippen molar-refractivity contribution < 1.29 is 9.53 Å². The minimum Gasteiger partial charge on any atom is -0.378 e. The average Bonchev–Trinajstić information content (AvgIpc) is 3.11. The first-order valence-electron chi connectivity index (χ1n) is 12.3. The summed E-state index contributed by atoms with van der Waals surface area (Å²) in [5.41, 5.74) is 5.85. The first kappa shape index (κ1) is 23.9. The van der Waals surface area contributed by atoms with E-state index in [4.69, 9.17) is 9.73 Å². The van der Waals surface area contributed by atoms with Crippen LogP contribution in [0.25, 0.3) is 6.08 Å². The van der Waals surface area contributed by atoms with Crippen molar-refractivity contribution in [3.05, 3.63) is 58.5 Å². The average molecular weight is 491 g/mol. The molecule has 0 radical (unpaired) electrons. The monoisotopic (exact) mass is 490 g/mol. The van der Waals surface area contributed by atoms with Crippen molar-refractivity contribution in [1.29, 1.82) is 0 Å². The zero-order valence-corrected chi connectivity index (χ0v) is 22.1. The smallest absolute Gasteiger partial charge is 0.266 e. The van der Waals surface area contributed by atoms with E-state index in [1.807, 2.05) is 18.2 Å². The molecule has 2 saturated heterocycles. The summed E-state index contributed by atoms with van der Waals surface area (Å²) >= 11 is 1.44. The van der Waals surface area contributed by atoms with Crippen LogP contribution >= 0.6 is 11.8 Å². The molecule has 3 aliphatic rings. The third kappa shape index (κ3) is 4.71. The van der Waals surface area contributed by atoms with Crippen LogP contribution in [0, 0.1) is 0 Å². The molecule has 0 saturated carbocycles. The number of morpholine rings is 1. The van der Waals surface area contributed by atoms with Crippen molar-refractivity contribution in [2.24, 2.45) is 4.99 Å². The number of amides is 1. The lowest BCUT2D eigenvalue weighted by molar-refractivity contribution is -0.121. The summed E-state index contributed by atoms with van der Waals surface area (Å²) in [5.74, 6) is 0.462. The predicted octanol–water partition coefficient (Wildman–Crippen LogP) is 5.48. The Bertz CT molecular complexity index is 1180. The molecule has 7 heteroatoms. The molecular weight excluding hydrogens is 456 g/mol. The highest BCUT2D eigenvalue weighted by Gasteiger charge is 2.34. The van der Waals surface area contributed by atoms with Crippen molar-refractivity contribution >= 4 is 46.0 Å². The lowest BCUT2D eigenvalue weighted by Crippen LogP contribution is -2.45. The number of anilines is 2. The molecule has 5 rings (SSSR count). The minimum atomic E-state index is -0.0114. The highest BCUT2D eigenvalue weighted by Crippen LogP contribution is 2.43. The number of carbonyl (C=O) groups is 1. The summed E-state index contributed by atoms with van der Waals surface area (Å²) in [6.45, 7) is 10.2. The number of fused-ring (bicyclic) bond motifs is 1. The second-order valence-electron chi connectivity index (χ2n) is 10.3. The Labute approximate surface area is 212 Å². The van der Waals surface area contributed by atoms with Crippen LogP contribution in [-0.2, 0) is 9.53 Å². The zero-order chi connectivity index (χ0) is 24.7. The zero-order valence-electron chi connectivity index (χ0n) is 21.2. The third-order valence-corrected chi connectivity index (χ3v) is 8.47. The molecule has 184 valence electrons. The molecule has 0 N–H and O–H groups in total. The highest BCUT2D eigenvalue weighted by molar-refractivity contribution is 8.18. The van der Waals surface area contributed by atoms with Crippen LogP contribution in [-0.4, -0.2) is 61.9 Å². The van der Waals surface area contributed by atoms with Crippen LogP contribution in [0.3, 0.4) is 0 Å². The first-order valence-corrected chi connectivity index (χ1v) is 13.1. The van der Waals surface area contributed by atoms with Crippen LogP contribution in [0.2, 0.25) is 0 Å². The van der Waals surface area contributed by atoms with Gasteiger partial charge in [0.15, 0.2) is 5.17 Å². The van der Waals surface area contributed by atoms with Crippen molar-refractivity contribution in [3.63, 3.8) is 0 Å². The number of amidine groups is 1. The number of rotatable bonds is 3. The predicted molar refractivity (Wildman–Crippen MR) is 147 cm³/mol. The Kier molecular flexibility index (Phi) is 6.40. The molecule has 2 aromatic carbocycles. The van der Waals surface area contributed by atoms with Crippen molar-refractivity contribution in [2.75, 3.05) is 50.2 Å². The van der Waals surface area contributed by atoms with E-state index in [1.165, 1.54) is 28.7 Å². The number of hydrogen-bond acceptors (Lipinski definition) is 6. The SMILES string of the molecule is C[C@H]1CC(C)(C)N(C)c2ccc(/C=C3\SC(=Nc4ccc(N5CCOCC5)cc4)N(C)C3=O)cc21. The topological polar surface area (TPSA) is 48.4 Å². The van der Waals surface area contributed by atoms with Gasteiger partial charge in [-0.05, 0) is 91.5 Å². The van der Waals surface area contributed by atoms with Crippen molar-refractivity contribution in [3.8, 4) is 0 Å². The Morgan fingerprint density at radius 3 is 2.51 bits per heavy atom. The van der Waals surface area contributed by atoms with Gasteiger partial charge in [-0.3, -0.25) is 9.69 Å². The summed E-state index contributed by atoms with van der Waals surface area (Å²) in [4.78, 5) is 24.8. The largest absolute Gasteiger partial charge is 0.378 e. The van der Waals surface area contributed by atoms with E-state index in [2.05, 4.69) is 68.0 Å². The summed E-state index contributed by atoms with van der Waals surface area (Å²) in [6, 6.07) is 14.8. The molecule has 3 heterocycles. The number of likely N-dealkylation sites (N-methyl/N-ethyl adjacent to an activating group) is 1. The maximum absolute atomic E-state index is 13.0. The molecule has 1 amide bonds. The number of hydrogen-bond donors (Lipinski definition) is 0. The van der Waals surface area contributed by atoms with Gasteiger partial charge in [-0.15, -0.1) is 0 Å². The van der Waals surface area contributed by atoms with E-state index in [0.717, 1.165) is 44.0 Å². The molecule has 0 bridgehead atoms. The van der Waals surface area contributed by atoms with Crippen LogP contribution in [0.4, 0.5) is 17.1 Å². The van der Waals surface area contributed by atoms with Crippen LogP contribution in [0.15, 0.2) is 52.4 Å². The lowest BCUT2D eigenvalue weighted by Gasteiger charge is -2.45. The third-order valence-electron chi connectivity index (χ3n) is 7.41. The van der Waals surface area contributed by atoms with Gasteiger partial charge in [-0.1, -0.05) is 13.0 Å². The van der Waals surface area contributed by atoms with E-state index in [1.54, 1.807) is 11.9 Å². The van der Waals surface area contributed by atoms with Crippen LogP contribution in [0.5, 0.6) is 0 Å². The minimum absolute atomic E-state index is 0.0114. The van der Waals surface area contributed by atoms with E-state index in [-0.39, 0.29) is 11.4 Å². The molecule has 0 aliphatic carbocycles. The maximum atomic E-state index is 13.0. The van der Waals surface area contributed by atoms with E-state index < -0.39 is 0 Å². The Balaban J connectivity index is 1.35. The molecule has 3 aliphatic heterocycles. The van der Waals surface area contributed by atoms with Gasteiger partial charge in [0, 0.05) is 44.1 Å². The Hall–Kier alpha value is -2.77. The van der Waals surface area contributed by atoms with Gasteiger partial charge < -0.3 is 14.5 Å². The lowest BCUT2D eigenvalue weighted by atomic mass is 9.80. The van der Waals surface area contributed by atoms with Gasteiger partial charge >= 0.3 is 0 Å². The standard InChI is InChI=1S/C28H34N4O2S/c1-19-18-28(2,3)31(5)24-11-6-20(16-23(19)24)17-25-26(33)30(4)27(35-25)29-21-7-9-22(10-8-21)32-12-14-34-15-13-32/h6-11,16-17,19H,12-15,18H2,1-5H3/b25-17-,29-27?/t19-/m0/s1. The molecule has 2 fully saturated rings. The molecule has 35 heavy (non-hydrogen) atoms. The van der Waals surface area contributed by atoms with Gasteiger partial charge in [-0.25, -0.2) is 4.99 Å². The molecule has 2 aromatic rings. The van der Waals surface area contributed by atoms with Gasteiger partial charge in [0.05, 0.1) is 23.8 Å². The van der Waals surface area contributed by atoms with Crippen LogP contribution in [0.1, 0.15) is 44.2 Å². The van der Waals surface area contributed by atoms with Crippen molar-refractivity contribution in [1.82, 2.24) is 4.90 Å². The molecular formula is C28H34N4O2S. The first-order chi connectivity index (χ1) is 16.7. The fourth-order valence-corrected chi connectivity index (χ4v) is 6.15. The Morgan fingerprint density at radius 1 is 1.09 bits per heavy atom. The van der Waals surface area contributed by atoms with Crippen LogP contribution < -0.4 is 9.80 Å². The quantitative estimate of drug-likeness (QED) is 0.534. The number of ether oxygens (including phenoxy) is 1. The van der Waals surface area contributed by atoms with Crippen molar-refractivity contribution in [2.45, 2.75) is 38.6 Å². The molecule has 0 spiro atoms. The summed E-state index contributed by atoms with van der Waals surface area (Å²) in [6.07, 6.45) is 3.11. The summed E-state index contributed by atoms with van der Waals surface area (Å²) in [7, 11) is 3.97. The second-order valence-corrected chi connectivity index (χ2v) is 11.3. The fraction of sp³-hybridized carbons (Fsp3) is 0.429. The number of benzene rings is 2.